The molecule has 1 aliphatic carbocycles. The lowest BCUT2D eigenvalue weighted by Crippen LogP contribution is -2.43. The number of nitrogens with one attached hydrogen (secondary N) is 1. The lowest BCUT2D eigenvalue weighted by Gasteiger charge is -2.34. The van der Waals surface area contributed by atoms with Crippen molar-refractivity contribution in [3.8, 4) is 0 Å². The minimum absolute atomic E-state index is 0.713. The maximum Gasteiger partial charge on any atom is 0.0168 e. The number of hydrogen-bond donors (Lipinski definition) is 1. The fourth-order valence-corrected chi connectivity index (χ4v) is 4.56. The Bertz CT molecular complexity index is 359. The van der Waals surface area contributed by atoms with E-state index in [0.717, 1.165) is 12.0 Å². The summed E-state index contributed by atoms with van der Waals surface area (Å²) in [6, 6.07) is 12.6. The van der Waals surface area contributed by atoms with Crippen molar-refractivity contribution in [3.63, 3.8) is 0 Å². The van der Waals surface area contributed by atoms with Crippen molar-refractivity contribution in [1.29, 1.82) is 0 Å². The Balaban J connectivity index is 1.69. The van der Waals surface area contributed by atoms with E-state index in [2.05, 4.69) is 47.4 Å². The SMILES string of the molecule is c1ccc(C2CCCCC2NC2CCSC2)cc1. The second-order valence-corrected chi connectivity index (χ2v) is 6.79. The molecular formula is C16H23NS. The maximum atomic E-state index is 3.95. The topological polar surface area (TPSA) is 12.0 Å². The fourth-order valence-electron chi connectivity index (χ4n) is 3.40. The van der Waals surface area contributed by atoms with Gasteiger partial charge in [0.15, 0.2) is 0 Å². The van der Waals surface area contributed by atoms with E-state index in [1.807, 2.05) is 0 Å². The first-order valence-electron chi connectivity index (χ1n) is 7.32. The first-order valence-corrected chi connectivity index (χ1v) is 8.48. The van der Waals surface area contributed by atoms with Gasteiger partial charge in [0.25, 0.3) is 0 Å². The molecule has 0 radical (unpaired) electrons. The Labute approximate surface area is 115 Å². The average Bonchev–Trinajstić information content (AvgIpc) is 2.93. The normalized spacial score (nSPS) is 32.6. The van der Waals surface area contributed by atoms with Crippen LogP contribution in [0.4, 0.5) is 0 Å². The largest absolute Gasteiger partial charge is 0.310 e. The van der Waals surface area contributed by atoms with E-state index in [4.69, 9.17) is 0 Å². The van der Waals surface area contributed by atoms with Gasteiger partial charge in [-0.2, -0.15) is 11.8 Å². The van der Waals surface area contributed by atoms with E-state index in [1.165, 1.54) is 43.6 Å². The number of rotatable bonds is 3. The quantitative estimate of drug-likeness (QED) is 0.888. The van der Waals surface area contributed by atoms with Gasteiger partial charge < -0.3 is 5.32 Å². The number of hydrogen-bond acceptors (Lipinski definition) is 2. The first kappa shape index (κ1) is 12.6. The van der Waals surface area contributed by atoms with E-state index >= 15 is 0 Å². The highest BCUT2D eigenvalue weighted by molar-refractivity contribution is 7.99. The van der Waals surface area contributed by atoms with Crippen LogP contribution in [0.5, 0.6) is 0 Å². The molecule has 1 saturated heterocycles. The second kappa shape index (κ2) is 6.12. The molecule has 2 aliphatic rings. The number of benzene rings is 1. The molecule has 1 aromatic rings. The summed E-state index contributed by atoms with van der Waals surface area (Å²) in [6.07, 6.45) is 6.89. The Hall–Kier alpha value is -0.470. The van der Waals surface area contributed by atoms with Gasteiger partial charge in [-0.1, -0.05) is 43.2 Å². The van der Waals surface area contributed by atoms with Gasteiger partial charge in [-0.15, -0.1) is 0 Å². The number of thioether (sulfide) groups is 1. The van der Waals surface area contributed by atoms with Gasteiger partial charge in [0.2, 0.25) is 0 Å². The van der Waals surface area contributed by atoms with Crippen LogP contribution in [0, 0.1) is 0 Å². The molecule has 3 atom stereocenters. The molecule has 3 unspecified atom stereocenters. The molecule has 1 aromatic carbocycles. The van der Waals surface area contributed by atoms with Crippen LogP contribution < -0.4 is 5.32 Å². The molecule has 1 saturated carbocycles. The summed E-state index contributed by atoms with van der Waals surface area (Å²) in [5.74, 6) is 3.41. The predicted molar refractivity (Wildman–Crippen MR) is 80.3 cm³/mol. The minimum Gasteiger partial charge on any atom is -0.310 e. The summed E-state index contributed by atoms with van der Waals surface area (Å²) in [5.41, 5.74) is 1.54. The van der Waals surface area contributed by atoms with E-state index in [-0.39, 0.29) is 0 Å². The molecule has 1 heterocycles. The predicted octanol–water partition coefficient (Wildman–Crippen LogP) is 3.81. The molecule has 0 bridgehead atoms. The Morgan fingerprint density at radius 2 is 1.83 bits per heavy atom. The highest BCUT2D eigenvalue weighted by Gasteiger charge is 2.29. The zero-order chi connectivity index (χ0) is 12.2. The molecule has 2 fully saturated rings. The molecule has 3 rings (SSSR count). The van der Waals surface area contributed by atoms with Crippen LogP contribution in [0.2, 0.25) is 0 Å². The highest BCUT2D eigenvalue weighted by atomic mass is 32.2. The summed E-state index contributed by atoms with van der Waals surface area (Å²) in [6.45, 7) is 0. The van der Waals surface area contributed by atoms with Crippen LogP contribution in [0.3, 0.4) is 0 Å². The van der Waals surface area contributed by atoms with Crippen molar-refractivity contribution >= 4 is 11.8 Å². The van der Waals surface area contributed by atoms with Crippen molar-refractivity contribution < 1.29 is 0 Å². The van der Waals surface area contributed by atoms with E-state index in [9.17, 15) is 0 Å². The average molecular weight is 261 g/mol. The van der Waals surface area contributed by atoms with Gasteiger partial charge in [0.1, 0.15) is 0 Å². The lowest BCUT2D eigenvalue weighted by atomic mass is 9.79. The Morgan fingerprint density at radius 3 is 2.61 bits per heavy atom. The van der Waals surface area contributed by atoms with Crippen molar-refractivity contribution in [2.24, 2.45) is 0 Å². The molecule has 1 aliphatic heterocycles. The van der Waals surface area contributed by atoms with Crippen molar-refractivity contribution in [1.82, 2.24) is 5.32 Å². The molecular weight excluding hydrogens is 238 g/mol. The third-order valence-electron chi connectivity index (χ3n) is 4.37. The van der Waals surface area contributed by atoms with Crippen molar-refractivity contribution in [2.75, 3.05) is 11.5 Å². The molecule has 1 N–H and O–H groups in total. The lowest BCUT2D eigenvalue weighted by molar-refractivity contribution is 0.306. The molecule has 2 heteroatoms. The molecule has 0 aromatic heterocycles. The summed E-state index contributed by atoms with van der Waals surface area (Å²) >= 11 is 2.11. The summed E-state index contributed by atoms with van der Waals surface area (Å²) in [4.78, 5) is 0. The fraction of sp³-hybridized carbons (Fsp3) is 0.625. The van der Waals surface area contributed by atoms with Crippen LogP contribution in [0.15, 0.2) is 30.3 Å². The van der Waals surface area contributed by atoms with Gasteiger partial charge in [-0.3, -0.25) is 0 Å². The molecule has 0 amide bonds. The van der Waals surface area contributed by atoms with Crippen LogP contribution in [0.1, 0.15) is 43.6 Å². The highest BCUT2D eigenvalue weighted by Crippen LogP contribution is 2.34. The summed E-state index contributed by atoms with van der Waals surface area (Å²) in [5, 5.41) is 3.95. The molecule has 1 nitrogen and oxygen atoms in total. The molecule has 0 spiro atoms. The van der Waals surface area contributed by atoms with Gasteiger partial charge in [-0.05, 0) is 36.5 Å². The van der Waals surface area contributed by atoms with Crippen molar-refractivity contribution in [3.05, 3.63) is 35.9 Å². The zero-order valence-corrected chi connectivity index (χ0v) is 11.8. The van der Waals surface area contributed by atoms with Gasteiger partial charge in [0.05, 0.1) is 0 Å². The van der Waals surface area contributed by atoms with Crippen LogP contribution in [-0.4, -0.2) is 23.6 Å². The smallest absolute Gasteiger partial charge is 0.0168 e. The maximum absolute atomic E-state index is 3.95. The minimum atomic E-state index is 0.713. The van der Waals surface area contributed by atoms with E-state index < -0.39 is 0 Å². The third kappa shape index (κ3) is 2.92. The van der Waals surface area contributed by atoms with Gasteiger partial charge >= 0.3 is 0 Å². The van der Waals surface area contributed by atoms with Crippen LogP contribution in [-0.2, 0) is 0 Å². The second-order valence-electron chi connectivity index (χ2n) is 5.64. The van der Waals surface area contributed by atoms with Crippen LogP contribution in [0.25, 0.3) is 0 Å². The van der Waals surface area contributed by atoms with E-state index in [0.29, 0.717) is 6.04 Å². The molecule has 98 valence electrons. The van der Waals surface area contributed by atoms with Gasteiger partial charge in [0, 0.05) is 17.8 Å². The Kier molecular flexibility index (Phi) is 4.27. The standard InChI is InChI=1S/C16H23NS/c1-2-6-13(7-3-1)15-8-4-5-9-16(15)17-14-10-11-18-12-14/h1-3,6-7,14-17H,4-5,8-12H2. The summed E-state index contributed by atoms with van der Waals surface area (Å²) < 4.78 is 0. The van der Waals surface area contributed by atoms with Crippen molar-refractivity contribution in [2.45, 2.75) is 50.1 Å². The first-order chi connectivity index (χ1) is 8.93. The Morgan fingerprint density at radius 1 is 1.00 bits per heavy atom. The zero-order valence-electron chi connectivity index (χ0n) is 11.0. The summed E-state index contributed by atoms with van der Waals surface area (Å²) in [7, 11) is 0. The van der Waals surface area contributed by atoms with E-state index in [1.54, 1.807) is 5.56 Å². The monoisotopic (exact) mass is 261 g/mol. The van der Waals surface area contributed by atoms with Gasteiger partial charge in [-0.25, -0.2) is 0 Å². The third-order valence-corrected chi connectivity index (χ3v) is 5.54. The van der Waals surface area contributed by atoms with Crippen LogP contribution >= 0.6 is 11.8 Å². The molecule has 18 heavy (non-hydrogen) atoms.